The lowest BCUT2D eigenvalue weighted by atomic mass is 10.1. The van der Waals surface area contributed by atoms with Gasteiger partial charge in [0, 0.05) is 35.3 Å². The number of aromatic nitrogens is 2. The van der Waals surface area contributed by atoms with Gasteiger partial charge in [0.2, 0.25) is 0 Å². The molecular weight excluding hydrogens is 408 g/mol. The average Bonchev–Trinajstić information content (AvgIpc) is 3.18. The number of aliphatic hydroxyl groups is 1. The number of halogens is 1. The molecule has 29 heavy (non-hydrogen) atoms. The lowest BCUT2D eigenvalue weighted by Crippen LogP contribution is -2.20. The van der Waals surface area contributed by atoms with Gasteiger partial charge in [-0.25, -0.2) is 4.98 Å². The first-order chi connectivity index (χ1) is 14.0. The molecule has 0 radical (unpaired) electrons. The fourth-order valence-corrected chi connectivity index (χ4v) is 3.77. The molecule has 0 aliphatic heterocycles. The molecule has 7 heteroatoms. The summed E-state index contributed by atoms with van der Waals surface area (Å²) in [5.74, 6) is 1.33. The van der Waals surface area contributed by atoms with Gasteiger partial charge in [-0.05, 0) is 49.2 Å². The Morgan fingerprint density at radius 1 is 1.28 bits per heavy atom. The molecule has 1 atom stereocenters. The van der Waals surface area contributed by atoms with Crippen molar-refractivity contribution in [3.63, 3.8) is 0 Å². The SMILES string of the molecule is CC(=O)CCc1ccc(OCC(O)CSc2nccn2-c2cccc(Cl)c2)cc1. The summed E-state index contributed by atoms with van der Waals surface area (Å²) in [5.41, 5.74) is 2.02. The number of hydrogen-bond acceptors (Lipinski definition) is 5. The van der Waals surface area contributed by atoms with Gasteiger partial charge in [0.25, 0.3) is 0 Å². The van der Waals surface area contributed by atoms with Gasteiger partial charge in [0.15, 0.2) is 5.16 Å². The van der Waals surface area contributed by atoms with E-state index in [2.05, 4.69) is 4.98 Å². The topological polar surface area (TPSA) is 64.3 Å². The third-order valence-corrected chi connectivity index (χ3v) is 5.58. The van der Waals surface area contributed by atoms with Crippen LogP contribution in [0.3, 0.4) is 0 Å². The van der Waals surface area contributed by atoms with Crippen molar-refractivity contribution < 1.29 is 14.6 Å². The van der Waals surface area contributed by atoms with Gasteiger partial charge in [-0.15, -0.1) is 0 Å². The zero-order valence-corrected chi connectivity index (χ0v) is 17.7. The van der Waals surface area contributed by atoms with Crippen LogP contribution in [0.4, 0.5) is 0 Å². The van der Waals surface area contributed by atoms with E-state index in [4.69, 9.17) is 16.3 Å². The summed E-state index contributed by atoms with van der Waals surface area (Å²) in [5, 5.41) is 11.7. The van der Waals surface area contributed by atoms with Gasteiger partial charge in [0.05, 0.1) is 6.10 Å². The van der Waals surface area contributed by atoms with Crippen LogP contribution in [0.2, 0.25) is 5.02 Å². The number of hydrogen-bond donors (Lipinski definition) is 1. The lowest BCUT2D eigenvalue weighted by Gasteiger charge is -2.13. The van der Waals surface area contributed by atoms with Crippen molar-refractivity contribution in [1.29, 1.82) is 0 Å². The Kier molecular flexibility index (Phi) is 7.75. The van der Waals surface area contributed by atoms with Crippen LogP contribution in [-0.4, -0.2) is 38.9 Å². The fourth-order valence-electron chi connectivity index (χ4n) is 2.70. The van der Waals surface area contributed by atoms with Crippen molar-refractivity contribution in [3.05, 3.63) is 71.5 Å². The zero-order chi connectivity index (χ0) is 20.6. The second-order valence-electron chi connectivity index (χ2n) is 6.68. The molecule has 152 valence electrons. The molecule has 1 N–H and O–H groups in total. The molecule has 3 rings (SSSR count). The number of carbonyl (C=O) groups excluding carboxylic acids is 1. The predicted molar refractivity (Wildman–Crippen MR) is 116 cm³/mol. The highest BCUT2D eigenvalue weighted by Crippen LogP contribution is 2.23. The van der Waals surface area contributed by atoms with Crippen LogP contribution in [0.15, 0.2) is 66.1 Å². The van der Waals surface area contributed by atoms with E-state index in [0.717, 1.165) is 22.8 Å². The number of rotatable bonds is 10. The van der Waals surface area contributed by atoms with Crippen molar-refractivity contribution >= 4 is 29.1 Å². The Labute approximate surface area is 179 Å². The molecule has 0 saturated heterocycles. The predicted octanol–water partition coefficient (Wildman–Crippen LogP) is 4.58. The number of Topliss-reactive ketones (excluding diaryl/α,β-unsaturated/α-hetero) is 1. The fraction of sp³-hybridized carbons (Fsp3) is 0.273. The van der Waals surface area contributed by atoms with E-state index in [0.29, 0.717) is 22.9 Å². The maximum atomic E-state index is 11.1. The third kappa shape index (κ3) is 6.63. The molecule has 0 bridgehead atoms. The first-order valence-electron chi connectivity index (χ1n) is 9.32. The quantitative estimate of drug-likeness (QED) is 0.477. The minimum Gasteiger partial charge on any atom is -0.491 e. The molecule has 2 aromatic carbocycles. The van der Waals surface area contributed by atoms with Crippen LogP contribution < -0.4 is 4.74 Å². The van der Waals surface area contributed by atoms with E-state index in [1.165, 1.54) is 11.8 Å². The largest absolute Gasteiger partial charge is 0.491 e. The molecule has 0 aliphatic carbocycles. The highest BCUT2D eigenvalue weighted by atomic mass is 35.5. The first kappa shape index (κ1) is 21.4. The Bertz CT molecular complexity index is 943. The molecule has 3 aromatic rings. The Morgan fingerprint density at radius 2 is 2.07 bits per heavy atom. The summed E-state index contributed by atoms with van der Waals surface area (Å²) in [4.78, 5) is 15.4. The molecule has 0 aliphatic rings. The van der Waals surface area contributed by atoms with E-state index in [9.17, 15) is 9.90 Å². The normalized spacial score (nSPS) is 12.0. The molecule has 0 fully saturated rings. The van der Waals surface area contributed by atoms with Crippen molar-refractivity contribution in [2.24, 2.45) is 0 Å². The van der Waals surface area contributed by atoms with Crippen molar-refractivity contribution in [2.45, 2.75) is 31.0 Å². The summed E-state index contributed by atoms with van der Waals surface area (Å²) in [6.45, 7) is 1.79. The molecular formula is C22H23ClN2O3S. The van der Waals surface area contributed by atoms with Crippen LogP contribution >= 0.6 is 23.4 Å². The van der Waals surface area contributed by atoms with Gasteiger partial charge in [-0.2, -0.15) is 0 Å². The van der Waals surface area contributed by atoms with Crippen LogP contribution in [-0.2, 0) is 11.2 Å². The molecule has 0 spiro atoms. The number of aliphatic hydroxyl groups excluding tert-OH is 1. The maximum absolute atomic E-state index is 11.1. The summed E-state index contributed by atoms with van der Waals surface area (Å²) in [6, 6.07) is 15.2. The number of thioether (sulfide) groups is 1. The van der Waals surface area contributed by atoms with Crippen LogP contribution in [0.25, 0.3) is 5.69 Å². The Morgan fingerprint density at radius 3 is 2.79 bits per heavy atom. The van der Waals surface area contributed by atoms with Gasteiger partial charge in [0.1, 0.15) is 18.1 Å². The Balaban J connectivity index is 1.48. The number of nitrogens with zero attached hydrogens (tertiary/aromatic N) is 2. The third-order valence-electron chi connectivity index (χ3n) is 4.23. The molecule has 1 heterocycles. The van der Waals surface area contributed by atoms with Crippen LogP contribution in [0.1, 0.15) is 18.9 Å². The Hall–Kier alpha value is -2.28. The van der Waals surface area contributed by atoms with Crippen molar-refractivity contribution in [2.75, 3.05) is 12.4 Å². The second-order valence-corrected chi connectivity index (χ2v) is 8.11. The molecule has 0 amide bonds. The summed E-state index contributed by atoms with van der Waals surface area (Å²) in [6.07, 6.45) is 4.22. The zero-order valence-electron chi connectivity index (χ0n) is 16.1. The van der Waals surface area contributed by atoms with E-state index in [1.54, 1.807) is 13.1 Å². The van der Waals surface area contributed by atoms with Crippen molar-refractivity contribution in [1.82, 2.24) is 9.55 Å². The van der Waals surface area contributed by atoms with E-state index in [1.807, 2.05) is 59.3 Å². The minimum absolute atomic E-state index is 0.182. The van der Waals surface area contributed by atoms with Gasteiger partial charge < -0.3 is 14.6 Å². The monoisotopic (exact) mass is 430 g/mol. The second kappa shape index (κ2) is 10.5. The smallest absolute Gasteiger partial charge is 0.172 e. The van der Waals surface area contributed by atoms with Crippen LogP contribution in [0.5, 0.6) is 5.75 Å². The van der Waals surface area contributed by atoms with Crippen molar-refractivity contribution in [3.8, 4) is 11.4 Å². The maximum Gasteiger partial charge on any atom is 0.172 e. The first-order valence-corrected chi connectivity index (χ1v) is 10.7. The summed E-state index contributed by atoms with van der Waals surface area (Å²) >= 11 is 7.53. The van der Waals surface area contributed by atoms with E-state index >= 15 is 0 Å². The molecule has 1 aromatic heterocycles. The standard InChI is InChI=1S/C22H23ClN2O3S/c1-16(26)5-6-17-7-9-21(10-8-17)28-14-20(27)15-29-22-24-11-12-25(22)19-4-2-3-18(23)13-19/h2-4,7-13,20,27H,5-6,14-15H2,1H3. The molecule has 0 saturated carbocycles. The number of aryl methyl sites for hydroxylation is 1. The molecule has 5 nitrogen and oxygen atoms in total. The lowest BCUT2D eigenvalue weighted by molar-refractivity contribution is -0.116. The van der Waals surface area contributed by atoms with E-state index < -0.39 is 6.10 Å². The number of ether oxygens (including phenoxy) is 1. The van der Waals surface area contributed by atoms with Gasteiger partial charge in [-0.1, -0.05) is 41.6 Å². The highest BCUT2D eigenvalue weighted by Gasteiger charge is 2.11. The van der Waals surface area contributed by atoms with Gasteiger partial charge in [-0.3, -0.25) is 4.57 Å². The number of carbonyl (C=O) groups is 1. The minimum atomic E-state index is -0.637. The number of benzene rings is 2. The average molecular weight is 431 g/mol. The summed E-state index contributed by atoms with van der Waals surface area (Å²) in [7, 11) is 0. The van der Waals surface area contributed by atoms with E-state index in [-0.39, 0.29) is 12.4 Å². The van der Waals surface area contributed by atoms with Crippen LogP contribution in [0, 0.1) is 0 Å². The summed E-state index contributed by atoms with van der Waals surface area (Å²) < 4.78 is 7.61. The van der Waals surface area contributed by atoms with Gasteiger partial charge >= 0.3 is 0 Å². The number of imidazole rings is 1. The highest BCUT2D eigenvalue weighted by molar-refractivity contribution is 7.99. The molecule has 1 unspecified atom stereocenters. The number of ketones is 1.